The maximum absolute atomic E-state index is 10.7. The maximum atomic E-state index is 10.7. The largest absolute Gasteiger partial charge is 0.481 e. The second kappa shape index (κ2) is 2.66. The van der Waals surface area contributed by atoms with Crippen LogP contribution in [0.15, 0.2) is 12.2 Å². The van der Waals surface area contributed by atoms with Crippen LogP contribution >= 0.6 is 0 Å². The van der Waals surface area contributed by atoms with Gasteiger partial charge in [0, 0.05) is 0 Å². The zero-order chi connectivity index (χ0) is 8.48. The molecule has 1 aliphatic carbocycles. The van der Waals surface area contributed by atoms with E-state index in [1.165, 1.54) is 6.92 Å². The molecule has 1 rings (SSSR count). The van der Waals surface area contributed by atoms with Crippen LogP contribution < -0.4 is 0 Å². The summed E-state index contributed by atoms with van der Waals surface area (Å²) in [7, 11) is 0. The summed E-state index contributed by atoms with van der Waals surface area (Å²) >= 11 is 0. The Labute approximate surface area is 65.3 Å². The summed E-state index contributed by atoms with van der Waals surface area (Å²) in [6, 6.07) is 0. The molecule has 0 aromatic rings. The molecule has 62 valence electrons. The summed E-state index contributed by atoms with van der Waals surface area (Å²) in [5, 5.41) is 18.1. The van der Waals surface area contributed by atoms with Crippen LogP contribution in [-0.4, -0.2) is 22.3 Å². The lowest BCUT2D eigenvalue weighted by Gasteiger charge is -2.29. The van der Waals surface area contributed by atoms with E-state index >= 15 is 0 Å². The number of allylic oxidation sites excluding steroid dienone is 1. The minimum atomic E-state index is -1.07. The molecule has 3 nitrogen and oxygen atoms in total. The third kappa shape index (κ3) is 1.28. The zero-order valence-corrected chi connectivity index (χ0v) is 6.45. The molecular weight excluding hydrogens is 144 g/mol. The molecular formula is C8H12O3. The van der Waals surface area contributed by atoms with E-state index in [2.05, 4.69) is 0 Å². The Morgan fingerprint density at radius 2 is 2.36 bits per heavy atom. The highest BCUT2D eigenvalue weighted by Gasteiger charge is 2.39. The number of carbonyl (C=O) groups is 1. The van der Waals surface area contributed by atoms with Crippen molar-refractivity contribution in [2.75, 3.05) is 0 Å². The first kappa shape index (κ1) is 8.27. The molecule has 0 aromatic carbocycles. The highest BCUT2D eigenvalue weighted by Crippen LogP contribution is 2.30. The Bertz CT molecular complexity index is 198. The first-order valence-corrected chi connectivity index (χ1v) is 3.66. The van der Waals surface area contributed by atoms with E-state index in [1.54, 1.807) is 12.2 Å². The first-order valence-electron chi connectivity index (χ1n) is 3.66. The SMILES string of the molecule is CC1(C(=O)O)C=CCCC1O. The van der Waals surface area contributed by atoms with Crippen LogP contribution in [0.4, 0.5) is 0 Å². The first-order chi connectivity index (χ1) is 5.07. The molecule has 0 saturated carbocycles. The molecule has 1 aliphatic rings. The van der Waals surface area contributed by atoms with Gasteiger partial charge in [0.25, 0.3) is 0 Å². The van der Waals surface area contributed by atoms with E-state index in [0.717, 1.165) is 6.42 Å². The summed E-state index contributed by atoms with van der Waals surface area (Å²) in [4.78, 5) is 10.7. The lowest BCUT2D eigenvalue weighted by molar-refractivity contribution is -0.151. The molecule has 0 radical (unpaired) electrons. The summed E-state index contributed by atoms with van der Waals surface area (Å²) in [5.41, 5.74) is -1.07. The van der Waals surface area contributed by atoms with Crippen LogP contribution in [0.3, 0.4) is 0 Å². The van der Waals surface area contributed by atoms with Gasteiger partial charge in [-0.2, -0.15) is 0 Å². The number of hydrogen-bond donors (Lipinski definition) is 2. The van der Waals surface area contributed by atoms with Crippen molar-refractivity contribution in [2.24, 2.45) is 5.41 Å². The van der Waals surface area contributed by atoms with Crippen molar-refractivity contribution >= 4 is 5.97 Å². The molecule has 11 heavy (non-hydrogen) atoms. The maximum Gasteiger partial charge on any atom is 0.315 e. The molecule has 0 saturated heterocycles. The van der Waals surface area contributed by atoms with E-state index in [4.69, 9.17) is 5.11 Å². The Morgan fingerprint density at radius 3 is 2.73 bits per heavy atom. The highest BCUT2D eigenvalue weighted by molar-refractivity contribution is 5.77. The second-order valence-electron chi connectivity index (χ2n) is 3.08. The van der Waals surface area contributed by atoms with E-state index in [0.29, 0.717) is 6.42 Å². The number of aliphatic hydroxyl groups is 1. The average Bonchev–Trinajstić information content (AvgIpc) is 1.95. The summed E-state index contributed by atoms with van der Waals surface area (Å²) in [5.74, 6) is -0.957. The molecule has 0 aromatic heterocycles. The molecule has 0 heterocycles. The van der Waals surface area contributed by atoms with Gasteiger partial charge in [-0.1, -0.05) is 12.2 Å². The van der Waals surface area contributed by atoms with Crippen molar-refractivity contribution in [3.05, 3.63) is 12.2 Å². The third-order valence-electron chi connectivity index (χ3n) is 2.22. The fourth-order valence-corrected chi connectivity index (χ4v) is 1.21. The molecule has 0 fully saturated rings. The van der Waals surface area contributed by atoms with Gasteiger partial charge in [0.15, 0.2) is 0 Å². The summed E-state index contributed by atoms with van der Waals surface area (Å²) in [6.07, 6.45) is 3.94. The van der Waals surface area contributed by atoms with E-state index in [1.807, 2.05) is 0 Å². The van der Waals surface area contributed by atoms with Gasteiger partial charge in [0.2, 0.25) is 0 Å². The van der Waals surface area contributed by atoms with Gasteiger partial charge >= 0.3 is 5.97 Å². The molecule has 2 unspecified atom stereocenters. The third-order valence-corrected chi connectivity index (χ3v) is 2.22. The van der Waals surface area contributed by atoms with Crippen molar-refractivity contribution in [2.45, 2.75) is 25.9 Å². The molecule has 2 atom stereocenters. The van der Waals surface area contributed by atoms with Crippen molar-refractivity contribution in [1.29, 1.82) is 0 Å². The van der Waals surface area contributed by atoms with E-state index in [-0.39, 0.29) is 0 Å². The lowest BCUT2D eigenvalue weighted by Crippen LogP contribution is -2.39. The lowest BCUT2D eigenvalue weighted by atomic mass is 9.78. The molecule has 0 aliphatic heterocycles. The van der Waals surface area contributed by atoms with Crippen molar-refractivity contribution < 1.29 is 15.0 Å². The topological polar surface area (TPSA) is 57.5 Å². The highest BCUT2D eigenvalue weighted by atomic mass is 16.4. The normalized spacial score (nSPS) is 37.1. The van der Waals surface area contributed by atoms with Crippen molar-refractivity contribution in [3.63, 3.8) is 0 Å². The Kier molecular flexibility index (Phi) is 2.00. The molecule has 2 N–H and O–H groups in total. The Hall–Kier alpha value is -0.830. The van der Waals surface area contributed by atoms with Crippen LogP contribution in [0.1, 0.15) is 19.8 Å². The fraction of sp³-hybridized carbons (Fsp3) is 0.625. The molecule has 3 heteroatoms. The number of hydrogen-bond acceptors (Lipinski definition) is 2. The minimum Gasteiger partial charge on any atom is -0.481 e. The molecule has 0 spiro atoms. The van der Waals surface area contributed by atoms with Crippen LogP contribution in [0, 0.1) is 5.41 Å². The van der Waals surface area contributed by atoms with Crippen LogP contribution in [0.5, 0.6) is 0 Å². The van der Waals surface area contributed by atoms with Gasteiger partial charge in [0.1, 0.15) is 5.41 Å². The zero-order valence-electron chi connectivity index (χ0n) is 6.45. The fourth-order valence-electron chi connectivity index (χ4n) is 1.21. The average molecular weight is 156 g/mol. The van der Waals surface area contributed by atoms with Crippen molar-refractivity contribution in [3.8, 4) is 0 Å². The molecule has 0 amide bonds. The predicted molar refractivity (Wildman–Crippen MR) is 40.1 cm³/mol. The van der Waals surface area contributed by atoms with Gasteiger partial charge in [-0.15, -0.1) is 0 Å². The van der Waals surface area contributed by atoms with Crippen molar-refractivity contribution in [1.82, 2.24) is 0 Å². The van der Waals surface area contributed by atoms with Crippen LogP contribution in [-0.2, 0) is 4.79 Å². The Morgan fingerprint density at radius 1 is 1.73 bits per heavy atom. The van der Waals surface area contributed by atoms with Crippen LogP contribution in [0.2, 0.25) is 0 Å². The molecule has 0 bridgehead atoms. The van der Waals surface area contributed by atoms with Crippen LogP contribution in [0.25, 0.3) is 0 Å². The van der Waals surface area contributed by atoms with Gasteiger partial charge in [0.05, 0.1) is 6.10 Å². The van der Waals surface area contributed by atoms with E-state index < -0.39 is 17.5 Å². The number of aliphatic carboxylic acids is 1. The van der Waals surface area contributed by atoms with Gasteiger partial charge in [-0.05, 0) is 19.8 Å². The number of rotatable bonds is 1. The number of aliphatic hydroxyl groups excluding tert-OH is 1. The number of carboxylic acid groups (broad SMARTS) is 1. The monoisotopic (exact) mass is 156 g/mol. The number of carboxylic acids is 1. The Balaban J connectivity index is 2.89. The van der Waals surface area contributed by atoms with Gasteiger partial charge < -0.3 is 10.2 Å². The predicted octanol–water partition coefficient (Wildman–Crippen LogP) is 0.788. The summed E-state index contributed by atoms with van der Waals surface area (Å²) < 4.78 is 0. The standard InChI is InChI=1S/C8H12O3/c1-8(7(10)11)5-3-2-4-6(8)9/h3,5-6,9H,2,4H2,1H3,(H,10,11). The second-order valence-corrected chi connectivity index (χ2v) is 3.08. The van der Waals surface area contributed by atoms with Gasteiger partial charge in [-0.3, -0.25) is 4.79 Å². The smallest absolute Gasteiger partial charge is 0.315 e. The van der Waals surface area contributed by atoms with Gasteiger partial charge in [-0.25, -0.2) is 0 Å². The minimum absolute atomic E-state index is 0.541. The van der Waals surface area contributed by atoms with E-state index in [9.17, 15) is 9.90 Å². The summed E-state index contributed by atoms with van der Waals surface area (Å²) in [6.45, 7) is 1.54. The quantitative estimate of drug-likeness (QED) is 0.552.